The number of ether oxygens (including phenoxy) is 1. The molecule has 18 heavy (non-hydrogen) atoms. The van der Waals surface area contributed by atoms with Crippen molar-refractivity contribution in [1.29, 1.82) is 0 Å². The number of rotatable bonds is 4. The Balaban J connectivity index is 2.10. The molecule has 2 unspecified atom stereocenters. The van der Waals surface area contributed by atoms with Gasteiger partial charge >= 0.3 is 0 Å². The van der Waals surface area contributed by atoms with E-state index in [9.17, 15) is 4.79 Å². The molecule has 0 spiro atoms. The summed E-state index contributed by atoms with van der Waals surface area (Å²) in [5.74, 6) is 1.05. The minimum Gasteiger partial charge on any atom is -0.483 e. The van der Waals surface area contributed by atoms with Crippen molar-refractivity contribution in [2.75, 3.05) is 0 Å². The summed E-state index contributed by atoms with van der Waals surface area (Å²) in [4.78, 5) is 11.8. The summed E-state index contributed by atoms with van der Waals surface area (Å²) in [6, 6.07) is 1.29. The van der Waals surface area contributed by atoms with Crippen LogP contribution >= 0.6 is 0 Å². The van der Waals surface area contributed by atoms with Crippen LogP contribution in [0.25, 0.3) is 0 Å². The highest BCUT2D eigenvalue weighted by atomic mass is 16.5. The third-order valence-corrected chi connectivity index (χ3v) is 3.65. The predicted octanol–water partition coefficient (Wildman–Crippen LogP) is 2.48. The molecule has 1 heterocycles. The van der Waals surface area contributed by atoms with Gasteiger partial charge in [-0.1, -0.05) is 13.3 Å². The molecule has 1 saturated carbocycles. The second-order valence-corrected chi connectivity index (χ2v) is 4.84. The van der Waals surface area contributed by atoms with Crippen LogP contribution in [-0.4, -0.2) is 11.2 Å². The lowest BCUT2D eigenvalue weighted by molar-refractivity contribution is 0.0863. The van der Waals surface area contributed by atoms with Crippen molar-refractivity contribution in [1.82, 2.24) is 0 Å². The Morgan fingerprint density at radius 1 is 1.44 bits per heavy atom. The maximum atomic E-state index is 11.8. The van der Waals surface area contributed by atoms with Crippen LogP contribution in [0.4, 0.5) is 0 Å². The number of aliphatic hydroxyl groups excluding tert-OH is 1. The van der Waals surface area contributed by atoms with Gasteiger partial charge in [0.1, 0.15) is 24.7 Å². The van der Waals surface area contributed by atoms with Crippen LogP contribution in [0.1, 0.15) is 44.8 Å². The Bertz CT molecular complexity index is 438. The second-order valence-electron chi connectivity index (χ2n) is 4.84. The van der Waals surface area contributed by atoms with Crippen molar-refractivity contribution in [3.05, 3.63) is 28.3 Å². The first-order valence-electron chi connectivity index (χ1n) is 6.63. The van der Waals surface area contributed by atoms with Crippen LogP contribution in [0, 0.1) is 5.92 Å². The standard InChI is InChI=1S/C14H20O4/c1-2-10-5-3-4-6-13(10)18-14-9-17-11(8-15)7-12(14)16/h7,9-10,13,15H,2-6,8H2,1H3. The Hall–Kier alpha value is -1.29. The van der Waals surface area contributed by atoms with Gasteiger partial charge in [0, 0.05) is 6.07 Å². The van der Waals surface area contributed by atoms with Crippen LogP contribution in [0.3, 0.4) is 0 Å². The van der Waals surface area contributed by atoms with Crippen LogP contribution in [-0.2, 0) is 6.61 Å². The molecule has 0 saturated heterocycles. The maximum Gasteiger partial charge on any atom is 0.227 e. The summed E-state index contributed by atoms with van der Waals surface area (Å²) in [5, 5.41) is 8.88. The van der Waals surface area contributed by atoms with E-state index >= 15 is 0 Å². The van der Waals surface area contributed by atoms with Crippen LogP contribution < -0.4 is 10.2 Å². The SMILES string of the molecule is CCC1CCCCC1Oc1coc(CO)cc1=O. The summed E-state index contributed by atoms with van der Waals surface area (Å²) >= 11 is 0. The molecule has 1 aromatic heterocycles. The van der Waals surface area contributed by atoms with E-state index in [2.05, 4.69) is 6.92 Å². The fourth-order valence-corrected chi connectivity index (χ4v) is 2.57. The zero-order valence-corrected chi connectivity index (χ0v) is 10.7. The molecule has 1 aliphatic carbocycles. The molecule has 0 aromatic carbocycles. The van der Waals surface area contributed by atoms with Crippen molar-refractivity contribution >= 4 is 0 Å². The van der Waals surface area contributed by atoms with Gasteiger partial charge in [0.05, 0.1) is 0 Å². The van der Waals surface area contributed by atoms with Crippen molar-refractivity contribution in [2.24, 2.45) is 5.92 Å². The molecule has 4 heteroatoms. The first-order chi connectivity index (χ1) is 8.74. The Labute approximate surface area is 107 Å². The van der Waals surface area contributed by atoms with E-state index in [-0.39, 0.29) is 29.6 Å². The molecular weight excluding hydrogens is 232 g/mol. The number of hydrogen-bond acceptors (Lipinski definition) is 4. The summed E-state index contributed by atoms with van der Waals surface area (Å²) in [7, 11) is 0. The quantitative estimate of drug-likeness (QED) is 0.894. The lowest BCUT2D eigenvalue weighted by Gasteiger charge is -2.30. The summed E-state index contributed by atoms with van der Waals surface area (Å²) in [5.41, 5.74) is -0.217. The zero-order valence-electron chi connectivity index (χ0n) is 10.7. The van der Waals surface area contributed by atoms with E-state index < -0.39 is 0 Å². The van der Waals surface area contributed by atoms with Gasteiger partial charge in [-0.3, -0.25) is 4.79 Å². The van der Waals surface area contributed by atoms with Crippen molar-refractivity contribution in [3.8, 4) is 5.75 Å². The van der Waals surface area contributed by atoms with Gasteiger partial charge in [0.2, 0.25) is 11.2 Å². The van der Waals surface area contributed by atoms with Crippen LogP contribution in [0.5, 0.6) is 5.75 Å². The van der Waals surface area contributed by atoms with Crippen molar-refractivity contribution in [3.63, 3.8) is 0 Å². The summed E-state index contributed by atoms with van der Waals surface area (Å²) in [6.07, 6.45) is 7.07. The third-order valence-electron chi connectivity index (χ3n) is 3.65. The monoisotopic (exact) mass is 252 g/mol. The van der Waals surface area contributed by atoms with Gasteiger partial charge in [0.25, 0.3) is 0 Å². The van der Waals surface area contributed by atoms with Crippen LogP contribution in [0.15, 0.2) is 21.5 Å². The van der Waals surface area contributed by atoms with Crippen molar-refractivity contribution < 1.29 is 14.3 Å². The van der Waals surface area contributed by atoms with Gasteiger partial charge in [-0.05, 0) is 31.6 Å². The van der Waals surface area contributed by atoms with E-state index in [1.165, 1.54) is 25.2 Å². The Morgan fingerprint density at radius 3 is 2.89 bits per heavy atom. The Morgan fingerprint density at radius 2 is 2.22 bits per heavy atom. The molecule has 0 aliphatic heterocycles. The average molecular weight is 252 g/mol. The van der Waals surface area contributed by atoms with Gasteiger partial charge in [-0.15, -0.1) is 0 Å². The highest BCUT2D eigenvalue weighted by Gasteiger charge is 2.26. The van der Waals surface area contributed by atoms with Gasteiger partial charge in [0.15, 0.2) is 0 Å². The van der Waals surface area contributed by atoms with Gasteiger partial charge < -0.3 is 14.3 Å². The molecule has 1 aliphatic rings. The lowest BCUT2D eigenvalue weighted by atomic mass is 9.85. The van der Waals surface area contributed by atoms with Crippen LogP contribution in [0.2, 0.25) is 0 Å². The molecule has 4 nitrogen and oxygen atoms in total. The predicted molar refractivity (Wildman–Crippen MR) is 67.6 cm³/mol. The second kappa shape index (κ2) is 6.05. The molecule has 1 aromatic rings. The van der Waals surface area contributed by atoms with Gasteiger partial charge in [-0.25, -0.2) is 0 Å². The molecular formula is C14H20O4. The Kier molecular flexibility index (Phi) is 4.42. The smallest absolute Gasteiger partial charge is 0.227 e. The number of hydrogen-bond donors (Lipinski definition) is 1. The van der Waals surface area contributed by atoms with E-state index in [0.717, 1.165) is 19.3 Å². The maximum absolute atomic E-state index is 11.8. The minimum absolute atomic E-state index is 0.117. The zero-order chi connectivity index (χ0) is 13.0. The summed E-state index contributed by atoms with van der Waals surface area (Å²) < 4.78 is 10.9. The number of aliphatic hydroxyl groups is 1. The first kappa shape index (κ1) is 13.1. The molecule has 1 N–H and O–H groups in total. The van der Waals surface area contributed by atoms with Gasteiger partial charge in [-0.2, -0.15) is 0 Å². The minimum atomic E-state index is -0.267. The summed E-state index contributed by atoms with van der Waals surface area (Å²) in [6.45, 7) is 1.89. The van der Waals surface area contributed by atoms with E-state index in [1.807, 2.05) is 0 Å². The third kappa shape index (κ3) is 2.93. The molecule has 0 bridgehead atoms. The molecule has 2 atom stereocenters. The lowest BCUT2D eigenvalue weighted by Crippen LogP contribution is -2.31. The molecule has 2 rings (SSSR count). The average Bonchev–Trinajstić information content (AvgIpc) is 2.41. The molecule has 0 radical (unpaired) electrons. The fraction of sp³-hybridized carbons (Fsp3) is 0.643. The highest BCUT2D eigenvalue weighted by molar-refractivity contribution is 5.17. The molecule has 0 amide bonds. The topological polar surface area (TPSA) is 59.7 Å². The highest BCUT2D eigenvalue weighted by Crippen LogP contribution is 2.29. The van der Waals surface area contributed by atoms with E-state index in [0.29, 0.717) is 5.92 Å². The van der Waals surface area contributed by atoms with Crippen molar-refractivity contribution in [2.45, 2.75) is 51.7 Å². The van der Waals surface area contributed by atoms with E-state index in [1.54, 1.807) is 0 Å². The first-order valence-corrected chi connectivity index (χ1v) is 6.63. The molecule has 100 valence electrons. The fourth-order valence-electron chi connectivity index (χ4n) is 2.57. The largest absolute Gasteiger partial charge is 0.483 e. The normalized spacial score (nSPS) is 23.9. The molecule has 1 fully saturated rings. The van der Waals surface area contributed by atoms with E-state index in [4.69, 9.17) is 14.3 Å².